The standard InChI is InChI=1S/C40H24N4O/c41-32-20-19-24-17-15-23-16-18-26(22-31(23)36(24)38(32)42)25-7-5-8-27(21-25)40-43-33-12-3-1-9-28(33)39(44-40)30-11-6-14-35-37(30)29-10-2-4-13-34(29)45-35/h1-22,41-42H. The zero-order valence-electron chi connectivity index (χ0n) is 24.0. The van der Waals surface area contributed by atoms with E-state index in [4.69, 9.17) is 25.2 Å². The predicted molar refractivity (Wildman–Crippen MR) is 184 cm³/mol. The molecule has 0 saturated carbocycles. The van der Waals surface area contributed by atoms with Gasteiger partial charge in [0.2, 0.25) is 0 Å². The molecule has 2 N–H and O–H groups in total. The maximum absolute atomic E-state index is 8.62. The molecule has 0 spiro atoms. The summed E-state index contributed by atoms with van der Waals surface area (Å²) >= 11 is 0. The number of aromatic nitrogens is 2. The molecule has 2 heterocycles. The number of nitrogens with zero attached hydrogens (tertiary/aromatic N) is 2. The van der Waals surface area contributed by atoms with Gasteiger partial charge in [-0.2, -0.15) is 0 Å². The number of benzene rings is 6. The molecule has 1 aliphatic rings. The summed E-state index contributed by atoms with van der Waals surface area (Å²) in [6.07, 6.45) is 3.61. The lowest BCUT2D eigenvalue weighted by atomic mass is 9.88. The van der Waals surface area contributed by atoms with Crippen LogP contribution in [0.25, 0.3) is 83.5 Å². The van der Waals surface area contributed by atoms with E-state index in [0.717, 1.165) is 82.7 Å². The first-order valence-electron chi connectivity index (χ1n) is 14.8. The van der Waals surface area contributed by atoms with Crippen LogP contribution in [0.3, 0.4) is 0 Å². The van der Waals surface area contributed by atoms with Crippen LogP contribution in [-0.2, 0) is 0 Å². The van der Waals surface area contributed by atoms with Gasteiger partial charge in [-0.05, 0) is 63.9 Å². The Hall–Kier alpha value is -6.20. The van der Waals surface area contributed by atoms with Crippen molar-refractivity contribution in [2.75, 3.05) is 0 Å². The lowest BCUT2D eigenvalue weighted by molar-refractivity contribution is 0.669. The zero-order chi connectivity index (χ0) is 30.1. The first kappa shape index (κ1) is 25.3. The van der Waals surface area contributed by atoms with Gasteiger partial charge in [-0.15, -0.1) is 0 Å². The predicted octanol–water partition coefficient (Wildman–Crippen LogP) is 10.1. The molecule has 0 unspecified atom stereocenters. The Labute approximate surface area is 258 Å². The topological polar surface area (TPSA) is 86.6 Å². The van der Waals surface area contributed by atoms with Crippen LogP contribution in [0.1, 0.15) is 11.1 Å². The first-order chi connectivity index (χ1) is 22.1. The van der Waals surface area contributed by atoms with Crippen molar-refractivity contribution in [3.05, 3.63) is 139 Å². The van der Waals surface area contributed by atoms with E-state index in [1.54, 1.807) is 6.08 Å². The fourth-order valence-electron chi connectivity index (χ4n) is 6.55. The summed E-state index contributed by atoms with van der Waals surface area (Å²) in [5.74, 6) is 0.647. The molecule has 1 aliphatic carbocycles. The Balaban J connectivity index is 1.22. The summed E-state index contributed by atoms with van der Waals surface area (Å²) < 4.78 is 6.21. The van der Waals surface area contributed by atoms with E-state index in [-0.39, 0.29) is 11.4 Å². The smallest absolute Gasteiger partial charge is 0.160 e. The van der Waals surface area contributed by atoms with E-state index < -0.39 is 0 Å². The molecule has 0 amide bonds. The highest BCUT2D eigenvalue weighted by molar-refractivity contribution is 6.53. The molecule has 6 aromatic carbocycles. The van der Waals surface area contributed by atoms with Gasteiger partial charge in [0.25, 0.3) is 0 Å². The number of rotatable bonds is 3. The van der Waals surface area contributed by atoms with E-state index in [1.165, 1.54) is 0 Å². The molecule has 0 aliphatic heterocycles. The average molecular weight is 577 g/mol. The van der Waals surface area contributed by atoms with Gasteiger partial charge in [0.05, 0.1) is 22.6 Å². The summed E-state index contributed by atoms with van der Waals surface area (Å²) in [6, 6.07) is 41.2. The Morgan fingerprint density at radius 2 is 1.31 bits per heavy atom. The highest BCUT2D eigenvalue weighted by Crippen LogP contribution is 2.39. The minimum absolute atomic E-state index is 0.228. The summed E-state index contributed by atoms with van der Waals surface area (Å²) in [6.45, 7) is 0. The molecule has 210 valence electrons. The third-order valence-electron chi connectivity index (χ3n) is 8.72. The highest BCUT2D eigenvalue weighted by atomic mass is 16.3. The molecule has 0 atom stereocenters. The second kappa shape index (κ2) is 9.66. The summed E-state index contributed by atoms with van der Waals surface area (Å²) in [5.41, 5.74) is 9.65. The largest absolute Gasteiger partial charge is 0.456 e. The number of furan rings is 1. The third-order valence-corrected chi connectivity index (χ3v) is 8.72. The van der Waals surface area contributed by atoms with Crippen molar-refractivity contribution < 1.29 is 4.42 Å². The molecular weight excluding hydrogens is 552 g/mol. The molecule has 2 aromatic heterocycles. The van der Waals surface area contributed by atoms with Crippen LogP contribution in [0, 0.1) is 10.8 Å². The van der Waals surface area contributed by atoms with Gasteiger partial charge in [-0.1, -0.05) is 97.1 Å². The van der Waals surface area contributed by atoms with E-state index in [0.29, 0.717) is 5.82 Å². The van der Waals surface area contributed by atoms with Gasteiger partial charge in [-0.25, -0.2) is 9.97 Å². The van der Waals surface area contributed by atoms with Crippen LogP contribution in [-0.4, -0.2) is 21.4 Å². The Morgan fingerprint density at radius 3 is 2.24 bits per heavy atom. The van der Waals surface area contributed by atoms with Crippen molar-refractivity contribution in [2.24, 2.45) is 0 Å². The van der Waals surface area contributed by atoms with E-state index in [2.05, 4.69) is 60.7 Å². The monoisotopic (exact) mass is 576 g/mol. The van der Waals surface area contributed by atoms with Crippen LogP contribution >= 0.6 is 0 Å². The Morgan fingerprint density at radius 1 is 0.556 bits per heavy atom. The molecule has 9 rings (SSSR count). The van der Waals surface area contributed by atoms with Crippen molar-refractivity contribution in [3.63, 3.8) is 0 Å². The van der Waals surface area contributed by atoms with Crippen LogP contribution in [0.15, 0.2) is 132 Å². The van der Waals surface area contributed by atoms with E-state index >= 15 is 0 Å². The van der Waals surface area contributed by atoms with Gasteiger partial charge < -0.3 is 4.42 Å². The quantitative estimate of drug-likeness (QED) is 0.219. The summed E-state index contributed by atoms with van der Waals surface area (Å²) in [5, 5.41) is 22.0. The van der Waals surface area contributed by atoms with Gasteiger partial charge >= 0.3 is 0 Å². The second-order valence-electron chi connectivity index (χ2n) is 11.4. The van der Waals surface area contributed by atoms with Gasteiger partial charge in [0.15, 0.2) is 5.82 Å². The molecule has 0 radical (unpaired) electrons. The molecule has 0 fully saturated rings. The number of para-hydroxylation sites is 2. The summed E-state index contributed by atoms with van der Waals surface area (Å²) in [4.78, 5) is 10.3. The number of allylic oxidation sites excluding steroid dienone is 1. The zero-order valence-corrected chi connectivity index (χ0v) is 24.0. The van der Waals surface area contributed by atoms with E-state index in [9.17, 15) is 0 Å². The van der Waals surface area contributed by atoms with Crippen molar-refractivity contribution in [2.45, 2.75) is 0 Å². The molecule has 0 saturated heterocycles. The lowest BCUT2D eigenvalue weighted by Gasteiger charge is -2.16. The number of hydrogen-bond acceptors (Lipinski definition) is 5. The first-order valence-corrected chi connectivity index (χ1v) is 14.8. The lowest BCUT2D eigenvalue weighted by Crippen LogP contribution is -2.16. The van der Waals surface area contributed by atoms with Crippen molar-refractivity contribution in [1.29, 1.82) is 10.8 Å². The van der Waals surface area contributed by atoms with Gasteiger partial charge in [-0.3, -0.25) is 10.8 Å². The number of hydrogen-bond donors (Lipinski definition) is 2. The maximum Gasteiger partial charge on any atom is 0.160 e. The minimum atomic E-state index is 0.228. The molecule has 8 aromatic rings. The van der Waals surface area contributed by atoms with Gasteiger partial charge in [0, 0.05) is 32.8 Å². The van der Waals surface area contributed by atoms with Crippen LogP contribution in [0.2, 0.25) is 0 Å². The fraction of sp³-hybridized carbons (Fsp3) is 0. The Kier molecular flexibility index (Phi) is 5.43. The highest BCUT2D eigenvalue weighted by Gasteiger charge is 2.19. The molecule has 5 nitrogen and oxygen atoms in total. The number of fused-ring (bicyclic) bond motifs is 7. The maximum atomic E-state index is 8.62. The Bertz CT molecular complexity index is 2590. The fourth-order valence-corrected chi connectivity index (χ4v) is 6.55. The SMILES string of the molecule is N=C1C=Cc2ccc3ccc(-c4cccc(-c5nc(-c6cccc7oc8ccccc8c67)c6ccccc6n5)c4)cc3c2C1=N. The summed E-state index contributed by atoms with van der Waals surface area (Å²) in [7, 11) is 0. The molecule has 5 heteroatoms. The average Bonchev–Trinajstić information content (AvgIpc) is 3.48. The van der Waals surface area contributed by atoms with Crippen LogP contribution in [0.4, 0.5) is 0 Å². The molecule has 45 heavy (non-hydrogen) atoms. The normalized spacial score (nSPS) is 12.9. The van der Waals surface area contributed by atoms with Crippen molar-refractivity contribution in [1.82, 2.24) is 9.97 Å². The molecule has 0 bridgehead atoms. The van der Waals surface area contributed by atoms with Crippen molar-refractivity contribution >= 4 is 61.1 Å². The second-order valence-corrected chi connectivity index (χ2v) is 11.4. The third kappa shape index (κ3) is 3.95. The minimum Gasteiger partial charge on any atom is -0.456 e. The van der Waals surface area contributed by atoms with E-state index in [1.807, 2.05) is 66.7 Å². The van der Waals surface area contributed by atoms with Gasteiger partial charge in [0.1, 0.15) is 11.2 Å². The number of nitrogens with one attached hydrogen (secondary N) is 2. The van der Waals surface area contributed by atoms with Crippen LogP contribution < -0.4 is 0 Å². The molecular formula is C40H24N4O. The van der Waals surface area contributed by atoms with Crippen molar-refractivity contribution in [3.8, 4) is 33.8 Å². The van der Waals surface area contributed by atoms with Crippen LogP contribution in [0.5, 0.6) is 0 Å².